The van der Waals surface area contributed by atoms with Gasteiger partial charge in [-0.25, -0.2) is 0 Å². The Morgan fingerprint density at radius 2 is 1.91 bits per heavy atom. The van der Waals surface area contributed by atoms with Crippen molar-refractivity contribution in [3.8, 4) is 11.6 Å². The van der Waals surface area contributed by atoms with Crippen molar-refractivity contribution in [3.05, 3.63) is 82.3 Å². The predicted molar refractivity (Wildman–Crippen MR) is 133 cm³/mol. The molecule has 0 aliphatic carbocycles. The number of azo groups is 1. The molecule has 0 unspecified atom stereocenters. The molecule has 6 nitrogen and oxygen atoms in total. The van der Waals surface area contributed by atoms with Gasteiger partial charge in [0.15, 0.2) is 5.69 Å². The van der Waals surface area contributed by atoms with E-state index in [0.29, 0.717) is 33.7 Å². The molecule has 0 bridgehead atoms. The summed E-state index contributed by atoms with van der Waals surface area (Å²) in [5.74, 6) is 0.549. The van der Waals surface area contributed by atoms with Crippen LogP contribution < -0.4 is 10.1 Å². The molecule has 0 saturated heterocycles. The molecule has 32 heavy (non-hydrogen) atoms. The summed E-state index contributed by atoms with van der Waals surface area (Å²) in [5, 5.41) is 24.1. The molecule has 0 spiro atoms. The Morgan fingerprint density at radius 1 is 1.09 bits per heavy atom. The first kappa shape index (κ1) is 22.1. The van der Waals surface area contributed by atoms with E-state index in [0.717, 1.165) is 16.5 Å². The lowest BCUT2D eigenvalue weighted by Crippen LogP contribution is -2.04. The van der Waals surface area contributed by atoms with Gasteiger partial charge in [0.05, 0.1) is 24.2 Å². The first-order chi connectivity index (χ1) is 15.5. The number of rotatable bonds is 5. The molecule has 0 aliphatic rings. The molecular formula is C23H18Cl2N4O2S. The van der Waals surface area contributed by atoms with Crippen molar-refractivity contribution in [1.29, 1.82) is 0 Å². The van der Waals surface area contributed by atoms with E-state index in [2.05, 4.69) is 15.5 Å². The van der Waals surface area contributed by atoms with Crippen molar-refractivity contribution in [1.82, 2.24) is 4.57 Å². The van der Waals surface area contributed by atoms with Crippen LogP contribution in [-0.2, 0) is 6.54 Å². The van der Waals surface area contributed by atoms with E-state index in [1.807, 2.05) is 48.5 Å². The lowest BCUT2D eigenvalue weighted by molar-refractivity contribution is 0.415. The highest BCUT2D eigenvalue weighted by atomic mass is 35.5. The van der Waals surface area contributed by atoms with Gasteiger partial charge in [-0.1, -0.05) is 53.5 Å². The van der Waals surface area contributed by atoms with Crippen LogP contribution in [0.15, 0.2) is 77.0 Å². The molecule has 0 atom stereocenters. The number of aromatic nitrogens is 1. The zero-order valence-electron chi connectivity index (χ0n) is 16.9. The van der Waals surface area contributed by atoms with Gasteiger partial charge in [-0.15, -0.1) is 10.2 Å². The van der Waals surface area contributed by atoms with Crippen molar-refractivity contribution < 1.29 is 9.84 Å². The third-order valence-electron chi connectivity index (χ3n) is 4.79. The van der Waals surface area contributed by atoms with Crippen LogP contribution in [0.4, 0.5) is 11.4 Å². The van der Waals surface area contributed by atoms with Gasteiger partial charge in [0, 0.05) is 16.1 Å². The maximum Gasteiger partial charge on any atom is 0.221 e. The molecule has 1 aromatic heterocycles. The zero-order valence-corrected chi connectivity index (χ0v) is 19.2. The molecule has 4 rings (SSSR count). The summed E-state index contributed by atoms with van der Waals surface area (Å²) in [7, 11) is 1.54. The van der Waals surface area contributed by atoms with Crippen molar-refractivity contribution in [2.45, 2.75) is 6.54 Å². The lowest BCUT2D eigenvalue weighted by atomic mass is 10.2. The first-order valence-electron chi connectivity index (χ1n) is 9.57. The standard InChI is InChI=1S/C23H18Cl2N4O2S/c1-31-20-10-9-16(12-18(20)25)26-23(32)28-27-21-17-7-2-3-8-19(17)29(22(21)30)13-14-5-4-6-15(24)11-14/h2-12,30H,13H2,1H3,(H,26,32). The van der Waals surface area contributed by atoms with E-state index in [9.17, 15) is 5.11 Å². The summed E-state index contributed by atoms with van der Waals surface area (Å²) < 4.78 is 6.90. The number of nitrogens with zero attached hydrogens (tertiary/aromatic N) is 3. The highest BCUT2D eigenvalue weighted by Crippen LogP contribution is 2.39. The third kappa shape index (κ3) is 4.70. The largest absolute Gasteiger partial charge is 0.495 e. The number of ether oxygens (including phenoxy) is 1. The van der Waals surface area contributed by atoms with Crippen LogP contribution in [0.5, 0.6) is 11.6 Å². The Balaban J connectivity index is 1.61. The Kier molecular flexibility index (Phi) is 6.60. The minimum atomic E-state index is -0.00906. The quantitative estimate of drug-likeness (QED) is 0.232. The average molecular weight is 485 g/mol. The summed E-state index contributed by atoms with van der Waals surface area (Å²) in [6, 6.07) is 20.2. The maximum atomic E-state index is 10.9. The summed E-state index contributed by atoms with van der Waals surface area (Å²) in [6.45, 7) is 0.426. The topological polar surface area (TPSA) is 71.1 Å². The Bertz CT molecular complexity index is 1340. The van der Waals surface area contributed by atoms with Gasteiger partial charge in [0.1, 0.15) is 5.75 Å². The zero-order chi connectivity index (χ0) is 22.7. The summed E-state index contributed by atoms with van der Waals surface area (Å²) in [5.41, 5.74) is 2.75. The van der Waals surface area contributed by atoms with Crippen LogP contribution in [0.25, 0.3) is 10.9 Å². The second-order valence-corrected chi connectivity index (χ2v) is 8.12. The smallest absolute Gasteiger partial charge is 0.221 e. The number of nitrogens with one attached hydrogen (secondary N) is 1. The van der Waals surface area contributed by atoms with Gasteiger partial charge in [0.2, 0.25) is 11.0 Å². The van der Waals surface area contributed by atoms with Crippen molar-refractivity contribution in [2.75, 3.05) is 12.4 Å². The van der Waals surface area contributed by atoms with Crippen molar-refractivity contribution >= 4 is 62.8 Å². The number of fused-ring (bicyclic) bond motifs is 1. The number of methoxy groups -OCH3 is 1. The second kappa shape index (κ2) is 9.56. The minimum Gasteiger partial charge on any atom is -0.495 e. The van der Waals surface area contributed by atoms with E-state index in [1.54, 1.807) is 29.9 Å². The van der Waals surface area contributed by atoms with Gasteiger partial charge >= 0.3 is 0 Å². The van der Waals surface area contributed by atoms with E-state index in [-0.39, 0.29) is 11.0 Å². The van der Waals surface area contributed by atoms with Crippen LogP contribution in [0.1, 0.15) is 5.56 Å². The van der Waals surface area contributed by atoms with E-state index in [4.69, 9.17) is 40.2 Å². The molecule has 0 aliphatic heterocycles. The average Bonchev–Trinajstić information content (AvgIpc) is 3.03. The van der Waals surface area contributed by atoms with Crippen LogP contribution in [-0.4, -0.2) is 21.9 Å². The number of hydrogen-bond donors (Lipinski definition) is 2. The molecule has 2 N–H and O–H groups in total. The molecular weight excluding hydrogens is 467 g/mol. The number of halogens is 2. The van der Waals surface area contributed by atoms with Crippen LogP contribution >= 0.6 is 35.4 Å². The van der Waals surface area contributed by atoms with Crippen LogP contribution in [0.3, 0.4) is 0 Å². The van der Waals surface area contributed by atoms with Crippen LogP contribution in [0.2, 0.25) is 10.0 Å². The summed E-state index contributed by atoms with van der Waals surface area (Å²) >= 11 is 17.5. The summed E-state index contributed by atoms with van der Waals surface area (Å²) in [6.07, 6.45) is 0. The molecule has 0 fully saturated rings. The summed E-state index contributed by atoms with van der Waals surface area (Å²) in [4.78, 5) is 0. The first-order valence-corrected chi connectivity index (χ1v) is 10.7. The van der Waals surface area contributed by atoms with Crippen molar-refractivity contribution in [2.24, 2.45) is 10.2 Å². The highest BCUT2D eigenvalue weighted by Gasteiger charge is 2.17. The lowest BCUT2D eigenvalue weighted by Gasteiger charge is -2.07. The maximum absolute atomic E-state index is 10.9. The number of benzene rings is 3. The number of anilines is 1. The Morgan fingerprint density at radius 3 is 2.66 bits per heavy atom. The fourth-order valence-electron chi connectivity index (χ4n) is 3.34. The number of hydrogen-bond acceptors (Lipinski definition) is 4. The van der Waals surface area contributed by atoms with E-state index < -0.39 is 0 Å². The van der Waals surface area contributed by atoms with Crippen molar-refractivity contribution in [3.63, 3.8) is 0 Å². The molecule has 162 valence electrons. The van der Waals surface area contributed by atoms with Gasteiger partial charge in [-0.2, -0.15) is 0 Å². The van der Waals surface area contributed by atoms with E-state index >= 15 is 0 Å². The fraction of sp³-hybridized carbons (Fsp3) is 0.0870. The number of thiocarbonyl (C=S) groups is 1. The normalized spacial score (nSPS) is 11.2. The molecule has 0 amide bonds. The number of aromatic hydroxyl groups is 1. The highest BCUT2D eigenvalue weighted by molar-refractivity contribution is 7.80. The van der Waals surface area contributed by atoms with Gasteiger partial charge in [0.25, 0.3) is 0 Å². The Labute approximate surface area is 200 Å². The fourth-order valence-corrected chi connectivity index (χ4v) is 3.97. The predicted octanol–water partition coefficient (Wildman–Crippen LogP) is 7.19. The molecule has 3 aromatic carbocycles. The minimum absolute atomic E-state index is 0.00906. The van der Waals surface area contributed by atoms with Crippen LogP contribution in [0, 0.1) is 0 Å². The van der Waals surface area contributed by atoms with Gasteiger partial charge in [-0.05, 0) is 54.2 Å². The molecule has 9 heteroatoms. The molecule has 0 saturated carbocycles. The third-order valence-corrected chi connectivity index (χ3v) is 5.51. The monoisotopic (exact) mass is 484 g/mol. The molecule has 1 heterocycles. The van der Waals surface area contributed by atoms with E-state index in [1.165, 1.54) is 0 Å². The number of para-hydroxylation sites is 1. The van der Waals surface area contributed by atoms with Gasteiger partial charge in [-0.3, -0.25) is 0 Å². The Hall–Kier alpha value is -3.13. The van der Waals surface area contributed by atoms with Gasteiger partial charge < -0.3 is 19.7 Å². The SMILES string of the molecule is COc1ccc(NC(=S)N=Nc2c(O)n(Cc3cccc(Cl)c3)c3ccccc23)cc1Cl. The second-order valence-electron chi connectivity index (χ2n) is 6.88. The molecule has 0 radical (unpaired) electrons. The molecule has 4 aromatic rings.